The number of likely N-dealkylation sites (N-methyl/N-ethyl adjacent to an activating group) is 1. The first-order chi connectivity index (χ1) is 7.83. The van der Waals surface area contributed by atoms with Crippen molar-refractivity contribution in [1.82, 2.24) is 0 Å². The molecule has 0 radical (unpaired) electrons. The standard InChI is InChI=1S/C16H28N/c1-7-16(8-2,13-17(4,5)6)15-11-9-14(3)10-12-15/h9-12H,7-8,13H2,1-6H3/q+1. The van der Waals surface area contributed by atoms with Gasteiger partial charge < -0.3 is 4.48 Å². The lowest BCUT2D eigenvalue weighted by Gasteiger charge is -2.39. The van der Waals surface area contributed by atoms with Crippen molar-refractivity contribution in [2.75, 3.05) is 27.7 Å². The first-order valence-electron chi connectivity index (χ1n) is 6.70. The molecular weight excluding hydrogens is 206 g/mol. The molecule has 0 amide bonds. The maximum absolute atomic E-state index is 2.32. The van der Waals surface area contributed by atoms with Gasteiger partial charge in [0.15, 0.2) is 0 Å². The number of rotatable bonds is 5. The van der Waals surface area contributed by atoms with Gasteiger partial charge in [0.05, 0.1) is 27.7 Å². The van der Waals surface area contributed by atoms with E-state index in [1.807, 2.05) is 0 Å². The SMILES string of the molecule is CCC(CC)(C[N+](C)(C)C)c1ccc(C)cc1. The summed E-state index contributed by atoms with van der Waals surface area (Å²) in [6, 6.07) is 9.12. The molecule has 1 aromatic carbocycles. The van der Waals surface area contributed by atoms with Crippen molar-refractivity contribution in [3.8, 4) is 0 Å². The molecule has 0 aromatic heterocycles. The van der Waals surface area contributed by atoms with Gasteiger partial charge in [-0.25, -0.2) is 0 Å². The van der Waals surface area contributed by atoms with Gasteiger partial charge in [-0.15, -0.1) is 0 Å². The fraction of sp³-hybridized carbons (Fsp3) is 0.625. The maximum Gasteiger partial charge on any atom is 0.0878 e. The third-order valence-electron chi connectivity index (χ3n) is 3.79. The highest BCUT2D eigenvalue weighted by Gasteiger charge is 2.34. The minimum Gasteiger partial charge on any atom is -0.330 e. The van der Waals surface area contributed by atoms with Gasteiger partial charge in [-0.3, -0.25) is 0 Å². The molecule has 0 N–H and O–H groups in total. The molecule has 0 heterocycles. The van der Waals surface area contributed by atoms with Gasteiger partial charge >= 0.3 is 0 Å². The third-order valence-corrected chi connectivity index (χ3v) is 3.79. The minimum atomic E-state index is 0.325. The summed E-state index contributed by atoms with van der Waals surface area (Å²) in [7, 11) is 6.86. The second-order valence-corrected chi connectivity index (χ2v) is 6.30. The molecule has 0 bridgehead atoms. The van der Waals surface area contributed by atoms with E-state index in [9.17, 15) is 0 Å². The molecule has 1 nitrogen and oxygen atoms in total. The normalized spacial score (nSPS) is 12.8. The Morgan fingerprint density at radius 2 is 1.41 bits per heavy atom. The number of hydrogen-bond acceptors (Lipinski definition) is 0. The summed E-state index contributed by atoms with van der Waals surface area (Å²) >= 11 is 0. The average molecular weight is 234 g/mol. The van der Waals surface area contributed by atoms with Gasteiger partial charge in [-0.2, -0.15) is 0 Å². The lowest BCUT2D eigenvalue weighted by Crippen LogP contribution is -2.47. The monoisotopic (exact) mass is 234 g/mol. The Balaban J connectivity index is 3.10. The summed E-state index contributed by atoms with van der Waals surface area (Å²) in [6.45, 7) is 7.99. The number of aryl methyl sites for hydroxylation is 1. The second-order valence-electron chi connectivity index (χ2n) is 6.30. The Labute approximate surface area is 107 Å². The predicted octanol–water partition coefficient (Wildman–Crippen LogP) is 3.76. The first kappa shape index (κ1) is 14.2. The van der Waals surface area contributed by atoms with Crippen LogP contribution in [0.15, 0.2) is 24.3 Å². The molecular formula is C16H28N+. The summed E-state index contributed by atoms with van der Waals surface area (Å²) in [5.41, 5.74) is 3.17. The summed E-state index contributed by atoms with van der Waals surface area (Å²) in [4.78, 5) is 0. The first-order valence-corrected chi connectivity index (χ1v) is 6.70. The molecule has 0 fully saturated rings. The number of hydrogen-bond donors (Lipinski definition) is 0. The molecule has 0 aliphatic carbocycles. The number of nitrogens with zero attached hydrogens (tertiary/aromatic N) is 1. The van der Waals surface area contributed by atoms with E-state index in [4.69, 9.17) is 0 Å². The summed E-state index contributed by atoms with van der Waals surface area (Å²) in [5.74, 6) is 0. The largest absolute Gasteiger partial charge is 0.330 e. The van der Waals surface area contributed by atoms with Crippen molar-refractivity contribution in [3.63, 3.8) is 0 Å². The highest BCUT2D eigenvalue weighted by molar-refractivity contribution is 5.28. The fourth-order valence-corrected chi connectivity index (χ4v) is 2.79. The van der Waals surface area contributed by atoms with Crippen molar-refractivity contribution >= 4 is 0 Å². The van der Waals surface area contributed by atoms with Crippen molar-refractivity contribution in [1.29, 1.82) is 0 Å². The van der Waals surface area contributed by atoms with E-state index in [2.05, 4.69) is 66.2 Å². The molecule has 1 aromatic rings. The van der Waals surface area contributed by atoms with Crippen LogP contribution in [0.4, 0.5) is 0 Å². The van der Waals surface area contributed by atoms with E-state index >= 15 is 0 Å². The van der Waals surface area contributed by atoms with Crippen LogP contribution in [-0.2, 0) is 5.41 Å². The Morgan fingerprint density at radius 3 is 1.76 bits per heavy atom. The number of benzene rings is 1. The summed E-state index contributed by atoms with van der Waals surface area (Å²) in [6.07, 6.45) is 2.42. The zero-order valence-corrected chi connectivity index (χ0v) is 12.4. The molecule has 0 aliphatic heterocycles. The van der Waals surface area contributed by atoms with Gasteiger partial charge in [0.2, 0.25) is 0 Å². The molecule has 0 saturated heterocycles. The van der Waals surface area contributed by atoms with E-state index < -0.39 is 0 Å². The molecule has 0 unspecified atom stereocenters. The summed E-state index contributed by atoms with van der Waals surface area (Å²) in [5, 5.41) is 0. The Bertz CT molecular complexity index is 339. The van der Waals surface area contributed by atoms with Crippen LogP contribution in [0, 0.1) is 6.92 Å². The smallest absolute Gasteiger partial charge is 0.0878 e. The van der Waals surface area contributed by atoms with Gasteiger partial charge in [0.25, 0.3) is 0 Å². The van der Waals surface area contributed by atoms with Gasteiger partial charge in [-0.1, -0.05) is 43.7 Å². The molecule has 0 aliphatic rings. The van der Waals surface area contributed by atoms with E-state index in [1.54, 1.807) is 0 Å². The molecule has 0 saturated carbocycles. The van der Waals surface area contributed by atoms with Crippen LogP contribution in [-0.4, -0.2) is 32.2 Å². The Kier molecular flexibility index (Phi) is 4.37. The highest BCUT2D eigenvalue weighted by Crippen LogP contribution is 2.33. The third kappa shape index (κ3) is 3.57. The fourth-order valence-electron chi connectivity index (χ4n) is 2.79. The van der Waals surface area contributed by atoms with Crippen LogP contribution in [0.3, 0.4) is 0 Å². The second kappa shape index (κ2) is 5.22. The van der Waals surface area contributed by atoms with Crippen LogP contribution in [0.1, 0.15) is 37.8 Å². The van der Waals surface area contributed by atoms with Gasteiger partial charge in [0, 0.05) is 5.41 Å². The van der Waals surface area contributed by atoms with Crippen LogP contribution < -0.4 is 0 Å². The van der Waals surface area contributed by atoms with Crippen LogP contribution in [0.2, 0.25) is 0 Å². The van der Waals surface area contributed by atoms with Crippen molar-refractivity contribution < 1.29 is 4.48 Å². The number of quaternary nitrogens is 1. The zero-order valence-electron chi connectivity index (χ0n) is 12.4. The molecule has 0 spiro atoms. The van der Waals surface area contributed by atoms with E-state index in [-0.39, 0.29) is 0 Å². The van der Waals surface area contributed by atoms with E-state index in [0.717, 1.165) is 4.48 Å². The topological polar surface area (TPSA) is 0 Å². The van der Waals surface area contributed by atoms with Crippen LogP contribution >= 0.6 is 0 Å². The molecule has 1 heteroatoms. The van der Waals surface area contributed by atoms with Crippen molar-refractivity contribution in [2.45, 2.75) is 39.0 Å². The van der Waals surface area contributed by atoms with Crippen molar-refractivity contribution in [3.05, 3.63) is 35.4 Å². The predicted molar refractivity (Wildman–Crippen MR) is 76.3 cm³/mol. The molecule has 96 valence electrons. The van der Waals surface area contributed by atoms with Crippen molar-refractivity contribution in [2.24, 2.45) is 0 Å². The Hall–Kier alpha value is -0.820. The Morgan fingerprint density at radius 1 is 0.941 bits per heavy atom. The van der Waals surface area contributed by atoms with Gasteiger partial charge in [-0.05, 0) is 25.3 Å². The molecule has 1 rings (SSSR count). The zero-order chi connectivity index (χ0) is 13.1. The average Bonchev–Trinajstić information content (AvgIpc) is 2.26. The molecule has 17 heavy (non-hydrogen) atoms. The summed E-state index contributed by atoms with van der Waals surface area (Å²) < 4.78 is 1.02. The quantitative estimate of drug-likeness (QED) is 0.681. The lowest BCUT2D eigenvalue weighted by atomic mass is 9.75. The van der Waals surface area contributed by atoms with E-state index in [1.165, 1.54) is 30.5 Å². The minimum absolute atomic E-state index is 0.325. The van der Waals surface area contributed by atoms with E-state index in [0.29, 0.717) is 5.41 Å². The lowest BCUT2D eigenvalue weighted by molar-refractivity contribution is -0.875. The van der Waals surface area contributed by atoms with Crippen LogP contribution in [0.5, 0.6) is 0 Å². The van der Waals surface area contributed by atoms with Gasteiger partial charge in [0.1, 0.15) is 0 Å². The maximum atomic E-state index is 2.32. The van der Waals surface area contributed by atoms with Crippen LogP contribution in [0.25, 0.3) is 0 Å². The highest BCUT2D eigenvalue weighted by atomic mass is 15.3. The molecule has 0 atom stereocenters.